The normalized spacial score (nSPS) is 19.7. The van der Waals surface area contributed by atoms with Crippen LogP contribution in [0.3, 0.4) is 0 Å². The van der Waals surface area contributed by atoms with Crippen LogP contribution >= 0.6 is 0 Å². The van der Waals surface area contributed by atoms with Crippen molar-refractivity contribution in [3.05, 3.63) is 48.8 Å². The van der Waals surface area contributed by atoms with E-state index < -0.39 is 0 Å². The Bertz CT molecular complexity index is 487. The number of hydrogen-bond acceptors (Lipinski definition) is 2. The van der Waals surface area contributed by atoms with Gasteiger partial charge >= 0.3 is 0 Å². The summed E-state index contributed by atoms with van der Waals surface area (Å²) < 4.78 is 7.60. The van der Waals surface area contributed by atoms with E-state index in [1.54, 1.807) is 0 Å². The van der Waals surface area contributed by atoms with Crippen LogP contribution in [-0.4, -0.2) is 23.8 Å². The molecule has 94 valence electrons. The van der Waals surface area contributed by atoms with Gasteiger partial charge in [-0.05, 0) is 43.2 Å². The predicted octanol–water partition coefficient (Wildman–Crippen LogP) is 3.07. The van der Waals surface area contributed by atoms with Gasteiger partial charge in [-0.3, -0.25) is 0 Å². The first-order valence-electron chi connectivity index (χ1n) is 6.49. The van der Waals surface area contributed by atoms with E-state index in [1.807, 2.05) is 12.1 Å². The fourth-order valence-corrected chi connectivity index (χ4v) is 2.35. The molecule has 2 heterocycles. The maximum Gasteiger partial charge on any atom is 0.0667 e. The van der Waals surface area contributed by atoms with Gasteiger partial charge in [-0.1, -0.05) is 6.07 Å². The molecule has 1 aromatic heterocycles. The standard InChI is InChI=1S/C15H18N2O/c1-2-9-17(8-1)15-7-3-5-13(11-15)16-14-6-4-10-18-12-14/h1-3,5,7-9,11,14,16H,4,6,10,12H2. The van der Waals surface area contributed by atoms with E-state index in [9.17, 15) is 0 Å². The lowest BCUT2D eigenvalue weighted by atomic mass is 10.1. The second-order valence-electron chi connectivity index (χ2n) is 4.70. The van der Waals surface area contributed by atoms with Gasteiger partial charge in [0, 0.05) is 36.4 Å². The van der Waals surface area contributed by atoms with Gasteiger partial charge in [-0.25, -0.2) is 0 Å². The SMILES string of the molecule is c1cc(NC2CCCOC2)cc(-n2cccc2)c1. The van der Waals surface area contributed by atoms with Crippen LogP contribution in [0.2, 0.25) is 0 Å². The summed E-state index contributed by atoms with van der Waals surface area (Å²) >= 11 is 0. The quantitative estimate of drug-likeness (QED) is 0.895. The van der Waals surface area contributed by atoms with Crippen LogP contribution in [0.5, 0.6) is 0 Å². The molecule has 0 bridgehead atoms. The summed E-state index contributed by atoms with van der Waals surface area (Å²) in [5, 5.41) is 3.54. The highest BCUT2D eigenvalue weighted by Crippen LogP contribution is 2.18. The summed E-state index contributed by atoms with van der Waals surface area (Å²) in [5.41, 5.74) is 2.35. The van der Waals surface area contributed by atoms with Gasteiger partial charge in [0.05, 0.1) is 6.61 Å². The molecular weight excluding hydrogens is 224 g/mol. The van der Waals surface area contributed by atoms with Crippen LogP contribution in [0.25, 0.3) is 5.69 Å². The van der Waals surface area contributed by atoms with Crippen molar-refractivity contribution in [3.63, 3.8) is 0 Å². The number of aromatic nitrogens is 1. The molecule has 3 nitrogen and oxygen atoms in total. The van der Waals surface area contributed by atoms with Crippen molar-refractivity contribution in [2.75, 3.05) is 18.5 Å². The summed E-state index contributed by atoms with van der Waals surface area (Å²) in [6.07, 6.45) is 6.45. The van der Waals surface area contributed by atoms with Gasteiger partial charge in [-0.2, -0.15) is 0 Å². The Balaban J connectivity index is 1.74. The third-order valence-corrected chi connectivity index (χ3v) is 3.28. The van der Waals surface area contributed by atoms with E-state index in [0.29, 0.717) is 6.04 Å². The largest absolute Gasteiger partial charge is 0.380 e. The molecule has 1 aliphatic heterocycles. The van der Waals surface area contributed by atoms with E-state index in [2.05, 4.69) is 46.5 Å². The molecule has 2 aromatic rings. The molecular formula is C15H18N2O. The second-order valence-corrected chi connectivity index (χ2v) is 4.70. The van der Waals surface area contributed by atoms with Crippen molar-refractivity contribution in [1.82, 2.24) is 4.57 Å². The van der Waals surface area contributed by atoms with E-state index in [-0.39, 0.29) is 0 Å². The Kier molecular flexibility index (Phi) is 3.33. The lowest BCUT2D eigenvalue weighted by molar-refractivity contribution is 0.0876. The van der Waals surface area contributed by atoms with Crippen LogP contribution in [0.4, 0.5) is 5.69 Å². The van der Waals surface area contributed by atoms with E-state index >= 15 is 0 Å². The molecule has 1 unspecified atom stereocenters. The molecule has 1 atom stereocenters. The second kappa shape index (κ2) is 5.27. The van der Waals surface area contributed by atoms with Crippen molar-refractivity contribution >= 4 is 5.69 Å². The first-order chi connectivity index (χ1) is 8.92. The molecule has 0 aliphatic carbocycles. The van der Waals surface area contributed by atoms with Crippen molar-refractivity contribution in [2.45, 2.75) is 18.9 Å². The number of rotatable bonds is 3. The van der Waals surface area contributed by atoms with Crippen LogP contribution in [0.15, 0.2) is 48.8 Å². The van der Waals surface area contributed by atoms with Crippen molar-refractivity contribution in [3.8, 4) is 5.69 Å². The highest BCUT2D eigenvalue weighted by Gasteiger charge is 2.13. The predicted molar refractivity (Wildman–Crippen MR) is 73.2 cm³/mol. The zero-order valence-electron chi connectivity index (χ0n) is 10.4. The van der Waals surface area contributed by atoms with Crippen molar-refractivity contribution in [2.24, 2.45) is 0 Å². The van der Waals surface area contributed by atoms with Crippen LogP contribution in [0.1, 0.15) is 12.8 Å². The number of benzene rings is 1. The van der Waals surface area contributed by atoms with Crippen LogP contribution in [-0.2, 0) is 4.74 Å². The van der Waals surface area contributed by atoms with E-state index in [0.717, 1.165) is 25.3 Å². The molecule has 3 rings (SSSR count). The van der Waals surface area contributed by atoms with Gasteiger partial charge in [-0.15, -0.1) is 0 Å². The minimum atomic E-state index is 0.443. The molecule has 0 saturated carbocycles. The Labute approximate surface area is 107 Å². The minimum absolute atomic E-state index is 0.443. The molecule has 1 aromatic carbocycles. The van der Waals surface area contributed by atoms with Crippen molar-refractivity contribution < 1.29 is 4.74 Å². The maximum atomic E-state index is 5.49. The molecule has 0 radical (unpaired) electrons. The van der Waals surface area contributed by atoms with Crippen molar-refractivity contribution in [1.29, 1.82) is 0 Å². The topological polar surface area (TPSA) is 26.2 Å². The Morgan fingerprint density at radius 3 is 2.83 bits per heavy atom. The van der Waals surface area contributed by atoms with Gasteiger partial charge in [0.15, 0.2) is 0 Å². The number of nitrogens with one attached hydrogen (secondary N) is 1. The molecule has 18 heavy (non-hydrogen) atoms. The van der Waals surface area contributed by atoms with E-state index in [1.165, 1.54) is 12.1 Å². The number of ether oxygens (including phenoxy) is 1. The highest BCUT2D eigenvalue weighted by molar-refractivity contribution is 5.51. The monoisotopic (exact) mass is 242 g/mol. The van der Waals surface area contributed by atoms with Gasteiger partial charge in [0.25, 0.3) is 0 Å². The summed E-state index contributed by atoms with van der Waals surface area (Å²) in [6.45, 7) is 1.72. The molecule has 1 N–H and O–H groups in total. The Morgan fingerprint density at radius 2 is 2.06 bits per heavy atom. The summed E-state index contributed by atoms with van der Waals surface area (Å²) in [6, 6.07) is 13.0. The van der Waals surface area contributed by atoms with Crippen LogP contribution < -0.4 is 5.32 Å². The molecule has 0 amide bonds. The maximum absolute atomic E-state index is 5.49. The summed E-state index contributed by atoms with van der Waals surface area (Å²) in [5.74, 6) is 0. The Hall–Kier alpha value is -1.74. The molecule has 1 aliphatic rings. The first-order valence-corrected chi connectivity index (χ1v) is 6.49. The van der Waals surface area contributed by atoms with Gasteiger partial charge in [0.2, 0.25) is 0 Å². The average molecular weight is 242 g/mol. The fourth-order valence-electron chi connectivity index (χ4n) is 2.35. The smallest absolute Gasteiger partial charge is 0.0667 e. The number of hydrogen-bond donors (Lipinski definition) is 1. The fraction of sp³-hybridized carbons (Fsp3) is 0.333. The third kappa shape index (κ3) is 2.57. The Morgan fingerprint density at radius 1 is 1.17 bits per heavy atom. The number of anilines is 1. The third-order valence-electron chi connectivity index (χ3n) is 3.28. The summed E-state index contributed by atoms with van der Waals surface area (Å²) in [7, 11) is 0. The van der Waals surface area contributed by atoms with Gasteiger partial charge in [0.1, 0.15) is 0 Å². The number of nitrogens with zero attached hydrogens (tertiary/aromatic N) is 1. The first kappa shape index (κ1) is 11.4. The highest BCUT2D eigenvalue weighted by atomic mass is 16.5. The molecule has 0 spiro atoms. The lowest BCUT2D eigenvalue weighted by Crippen LogP contribution is -2.29. The average Bonchev–Trinajstić information content (AvgIpc) is 2.94. The summed E-state index contributed by atoms with van der Waals surface area (Å²) in [4.78, 5) is 0. The van der Waals surface area contributed by atoms with Gasteiger partial charge < -0.3 is 14.6 Å². The molecule has 3 heteroatoms. The molecule has 1 saturated heterocycles. The lowest BCUT2D eigenvalue weighted by Gasteiger charge is -2.24. The minimum Gasteiger partial charge on any atom is -0.380 e. The van der Waals surface area contributed by atoms with E-state index in [4.69, 9.17) is 4.74 Å². The zero-order valence-corrected chi connectivity index (χ0v) is 10.4. The molecule has 1 fully saturated rings. The van der Waals surface area contributed by atoms with Crippen LogP contribution in [0, 0.1) is 0 Å². The zero-order chi connectivity index (χ0) is 12.2.